The molecule has 0 radical (unpaired) electrons. The van der Waals surface area contributed by atoms with Crippen molar-refractivity contribution in [2.45, 2.75) is 52.0 Å². The van der Waals surface area contributed by atoms with Gasteiger partial charge in [0.05, 0.1) is 6.20 Å². The van der Waals surface area contributed by atoms with Crippen molar-refractivity contribution in [3.8, 4) is 0 Å². The largest absolute Gasteiger partial charge is 0.355 e. The maximum Gasteiger partial charge on any atom is 0.224 e. The monoisotopic (exact) mass is 296 g/mol. The number of aromatic nitrogens is 2. The molecule has 20 heavy (non-hydrogen) atoms. The van der Waals surface area contributed by atoms with Gasteiger partial charge in [-0.25, -0.2) is 4.98 Å². The molecule has 1 aromatic rings. The van der Waals surface area contributed by atoms with Gasteiger partial charge in [-0.15, -0.1) is 0 Å². The molecule has 1 heterocycles. The molecular weight excluding hydrogens is 272 g/mol. The van der Waals surface area contributed by atoms with Crippen LogP contribution in [0.5, 0.6) is 0 Å². The molecule has 0 bridgehead atoms. The van der Waals surface area contributed by atoms with Crippen molar-refractivity contribution in [1.29, 1.82) is 0 Å². The van der Waals surface area contributed by atoms with Gasteiger partial charge in [-0.3, -0.25) is 0 Å². The van der Waals surface area contributed by atoms with Crippen LogP contribution in [-0.2, 0) is 0 Å². The molecule has 1 aliphatic carbocycles. The third kappa shape index (κ3) is 3.54. The van der Waals surface area contributed by atoms with Crippen molar-refractivity contribution < 1.29 is 0 Å². The lowest BCUT2D eigenvalue weighted by Gasteiger charge is -2.35. The quantitative estimate of drug-likeness (QED) is 0.893. The van der Waals surface area contributed by atoms with Gasteiger partial charge in [0.25, 0.3) is 0 Å². The normalized spacial score (nSPS) is 22.6. The second kappa shape index (κ2) is 7.11. The topological polar surface area (TPSA) is 41.1 Å². The van der Waals surface area contributed by atoms with E-state index in [9.17, 15) is 0 Å². The Hall–Kier alpha value is -1.03. The van der Waals surface area contributed by atoms with Gasteiger partial charge in [-0.2, -0.15) is 4.98 Å². The summed E-state index contributed by atoms with van der Waals surface area (Å²) in [5, 5.41) is 3.77. The van der Waals surface area contributed by atoms with Crippen molar-refractivity contribution in [2.24, 2.45) is 5.92 Å². The molecule has 0 amide bonds. The van der Waals surface area contributed by atoms with Gasteiger partial charge in [-0.1, -0.05) is 24.9 Å². The van der Waals surface area contributed by atoms with Crippen LogP contribution >= 0.6 is 11.6 Å². The summed E-state index contributed by atoms with van der Waals surface area (Å²) in [6, 6.07) is 0.541. The average molecular weight is 297 g/mol. The lowest BCUT2D eigenvalue weighted by molar-refractivity contribution is 0.313. The zero-order valence-corrected chi connectivity index (χ0v) is 13.5. The standard InChI is InChI=1S/C15H25ClN4/c1-4-11-6-8-12(9-7-11)20(3)14-13(16)10-18-15(19-14)17-5-2/h10-12H,4-9H2,1-3H3,(H,17,18,19). The SMILES string of the molecule is CCNc1ncc(Cl)c(N(C)C2CCC(CC)CC2)n1. The Kier molecular flexibility index (Phi) is 5.46. The fraction of sp³-hybridized carbons (Fsp3) is 0.733. The van der Waals surface area contributed by atoms with E-state index in [2.05, 4.69) is 34.2 Å². The highest BCUT2D eigenvalue weighted by Gasteiger charge is 2.25. The van der Waals surface area contributed by atoms with Crippen LogP contribution in [0.2, 0.25) is 5.02 Å². The van der Waals surface area contributed by atoms with Crippen molar-refractivity contribution in [2.75, 3.05) is 23.8 Å². The molecule has 0 unspecified atom stereocenters. The average Bonchev–Trinajstić information content (AvgIpc) is 2.49. The zero-order valence-electron chi connectivity index (χ0n) is 12.7. The van der Waals surface area contributed by atoms with E-state index < -0.39 is 0 Å². The van der Waals surface area contributed by atoms with Crippen molar-refractivity contribution in [3.63, 3.8) is 0 Å². The molecule has 112 valence electrons. The second-order valence-electron chi connectivity index (χ2n) is 5.59. The molecule has 1 aromatic heterocycles. The van der Waals surface area contributed by atoms with Gasteiger partial charge in [0.1, 0.15) is 5.02 Å². The van der Waals surface area contributed by atoms with Gasteiger partial charge in [0.15, 0.2) is 5.82 Å². The van der Waals surface area contributed by atoms with Crippen molar-refractivity contribution in [3.05, 3.63) is 11.2 Å². The summed E-state index contributed by atoms with van der Waals surface area (Å²) in [6.45, 7) is 5.14. The predicted octanol–water partition coefficient (Wildman–Crippen LogP) is 3.97. The summed E-state index contributed by atoms with van der Waals surface area (Å²) < 4.78 is 0. The van der Waals surface area contributed by atoms with E-state index in [1.165, 1.54) is 32.1 Å². The Bertz CT molecular complexity index is 430. The van der Waals surface area contributed by atoms with Gasteiger partial charge in [0.2, 0.25) is 5.95 Å². The van der Waals surface area contributed by atoms with E-state index in [0.717, 1.165) is 18.3 Å². The van der Waals surface area contributed by atoms with Crippen molar-refractivity contribution >= 4 is 23.4 Å². The van der Waals surface area contributed by atoms with Gasteiger partial charge >= 0.3 is 0 Å². The number of nitrogens with one attached hydrogen (secondary N) is 1. The van der Waals surface area contributed by atoms with E-state index in [4.69, 9.17) is 11.6 Å². The van der Waals surface area contributed by atoms with E-state index in [1.807, 2.05) is 6.92 Å². The van der Waals surface area contributed by atoms with Crippen LogP contribution in [0, 0.1) is 5.92 Å². The summed E-state index contributed by atoms with van der Waals surface area (Å²) in [6.07, 6.45) is 8.08. The highest BCUT2D eigenvalue weighted by atomic mass is 35.5. The summed E-state index contributed by atoms with van der Waals surface area (Å²) in [5.41, 5.74) is 0. The Morgan fingerprint density at radius 1 is 1.30 bits per heavy atom. The molecule has 4 nitrogen and oxygen atoms in total. The minimum absolute atomic E-state index is 0.541. The van der Waals surface area contributed by atoms with Crippen LogP contribution in [0.3, 0.4) is 0 Å². The minimum Gasteiger partial charge on any atom is -0.355 e. The molecule has 2 rings (SSSR count). The molecule has 0 saturated heterocycles. The third-order valence-corrected chi connectivity index (χ3v) is 4.60. The van der Waals surface area contributed by atoms with E-state index in [0.29, 0.717) is 17.0 Å². The Morgan fingerprint density at radius 3 is 2.60 bits per heavy atom. The fourth-order valence-corrected chi connectivity index (χ4v) is 3.19. The number of rotatable bonds is 5. The molecule has 1 N–H and O–H groups in total. The molecule has 0 aliphatic heterocycles. The molecule has 1 saturated carbocycles. The highest BCUT2D eigenvalue weighted by Crippen LogP contribution is 2.33. The smallest absolute Gasteiger partial charge is 0.224 e. The fourth-order valence-electron chi connectivity index (χ4n) is 2.96. The van der Waals surface area contributed by atoms with Crippen LogP contribution in [0.15, 0.2) is 6.20 Å². The number of hydrogen-bond acceptors (Lipinski definition) is 4. The molecular formula is C15H25ClN4. The van der Waals surface area contributed by atoms with Crippen LogP contribution < -0.4 is 10.2 Å². The first-order valence-electron chi connectivity index (χ1n) is 7.64. The maximum absolute atomic E-state index is 6.27. The van der Waals surface area contributed by atoms with E-state index in [1.54, 1.807) is 6.20 Å². The molecule has 0 atom stereocenters. The lowest BCUT2D eigenvalue weighted by Crippen LogP contribution is -2.36. The van der Waals surface area contributed by atoms with Gasteiger partial charge in [0, 0.05) is 19.6 Å². The maximum atomic E-state index is 6.27. The molecule has 0 aromatic carbocycles. The summed E-state index contributed by atoms with van der Waals surface area (Å²) in [5.74, 6) is 2.40. The number of nitrogens with zero attached hydrogens (tertiary/aromatic N) is 3. The predicted molar refractivity (Wildman–Crippen MR) is 85.6 cm³/mol. The Labute approximate surface area is 126 Å². The highest BCUT2D eigenvalue weighted by molar-refractivity contribution is 6.32. The van der Waals surface area contributed by atoms with Crippen LogP contribution in [0.25, 0.3) is 0 Å². The summed E-state index contributed by atoms with van der Waals surface area (Å²) in [7, 11) is 2.10. The number of halogens is 1. The van der Waals surface area contributed by atoms with Crippen LogP contribution in [0.1, 0.15) is 46.0 Å². The van der Waals surface area contributed by atoms with Gasteiger partial charge < -0.3 is 10.2 Å². The lowest BCUT2D eigenvalue weighted by atomic mass is 9.84. The molecule has 1 fully saturated rings. The first kappa shape index (κ1) is 15.4. The third-order valence-electron chi connectivity index (χ3n) is 4.34. The van der Waals surface area contributed by atoms with Crippen molar-refractivity contribution in [1.82, 2.24) is 9.97 Å². The summed E-state index contributed by atoms with van der Waals surface area (Å²) >= 11 is 6.27. The number of anilines is 2. The van der Waals surface area contributed by atoms with E-state index >= 15 is 0 Å². The first-order chi connectivity index (χ1) is 9.65. The molecule has 0 spiro atoms. The van der Waals surface area contributed by atoms with Crippen LogP contribution in [0.4, 0.5) is 11.8 Å². The van der Waals surface area contributed by atoms with Crippen LogP contribution in [-0.4, -0.2) is 29.6 Å². The summed E-state index contributed by atoms with van der Waals surface area (Å²) in [4.78, 5) is 11.0. The van der Waals surface area contributed by atoms with Gasteiger partial charge in [-0.05, 0) is 38.5 Å². The second-order valence-corrected chi connectivity index (χ2v) is 6.00. The molecule has 5 heteroatoms. The Balaban J connectivity index is 2.08. The Morgan fingerprint density at radius 2 is 2.00 bits per heavy atom. The number of hydrogen-bond donors (Lipinski definition) is 1. The first-order valence-corrected chi connectivity index (χ1v) is 8.02. The minimum atomic E-state index is 0.541. The molecule has 1 aliphatic rings. The zero-order chi connectivity index (χ0) is 14.5. The van der Waals surface area contributed by atoms with E-state index in [-0.39, 0.29) is 0 Å².